The van der Waals surface area contributed by atoms with Crippen molar-refractivity contribution >= 4 is 11.6 Å². The molecular formula is C17H21ClN2O2. The van der Waals surface area contributed by atoms with Crippen LogP contribution in [0.5, 0.6) is 5.88 Å². The molecule has 1 heterocycles. The maximum Gasteiger partial charge on any atom is 0.234 e. The topological polar surface area (TPSA) is 44.2 Å². The lowest BCUT2D eigenvalue weighted by molar-refractivity contribution is -0.0266. The van der Waals surface area contributed by atoms with Gasteiger partial charge in [-0.25, -0.2) is 0 Å². The first-order chi connectivity index (χ1) is 10.6. The van der Waals surface area contributed by atoms with Crippen molar-refractivity contribution in [2.45, 2.75) is 46.0 Å². The number of ether oxygens (including phenoxy) is 2. The molecule has 22 heavy (non-hydrogen) atoms. The Labute approximate surface area is 136 Å². The van der Waals surface area contributed by atoms with Crippen LogP contribution in [0.2, 0.25) is 5.15 Å². The van der Waals surface area contributed by atoms with Crippen LogP contribution in [-0.2, 0) is 11.3 Å². The first-order valence-corrected chi connectivity index (χ1v) is 7.79. The summed E-state index contributed by atoms with van der Waals surface area (Å²) in [5, 5.41) is 0.366. The standard InChI is InChI=1S/C17H21ClN2O2/c1-4-15(22-16-10-19-12(2)17(18)20-16)13(3)21-11-14-8-6-5-7-9-14/h5-10,13,15H,4,11H2,1-3H3/t13-,15-/m1/s1. The molecule has 118 valence electrons. The lowest BCUT2D eigenvalue weighted by atomic mass is 10.1. The molecule has 0 spiro atoms. The Bertz CT molecular complexity index is 592. The van der Waals surface area contributed by atoms with Gasteiger partial charge in [0.2, 0.25) is 5.88 Å². The molecule has 0 bridgehead atoms. The van der Waals surface area contributed by atoms with Crippen molar-refractivity contribution in [2.24, 2.45) is 0 Å². The van der Waals surface area contributed by atoms with Gasteiger partial charge in [-0.3, -0.25) is 4.98 Å². The van der Waals surface area contributed by atoms with E-state index in [1.165, 1.54) is 0 Å². The van der Waals surface area contributed by atoms with E-state index in [0.29, 0.717) is 23.3 Å². The van der Waals surface area contributed by atoms with Crippen LogP contribution in [0.3, 0.4) is 0 Å². The van der Waals surface area contributed by atoms with E-state index in [2.05, 4.69) is 16.9 Å². The number of halogens is 1. The Hall–Kier alpha value is -1.65. The smallest absolute Gasteiger partial charge is 0.234 e. The molecule has 0 aliphatic heterocycles. The molecule has 0 saturated carbocycles. The molecule has 2 aromatic rings. The van der Waals surface area contributed by atoms with Crippen LogP contribution in [0.4, 0.5) is 0 Å². The minimum absolute atomic E-state index is 0.0629. The highest BCUT2D eigenvalue weighted by atomic mass is 35.5. The highest BCUT2D eigenvalue weighted by Crippen LogP contribution is 2.18. The minimum atomic E-state index is -0.100. The van der Waals surface area contributed by atoms with Gasteiger partial charge < -0.3 is 9.47 Å². The first kappa shape index (κ1) is 16.7. The highest BCUT2D eigenvalue weighted by Gasteiger charge is 2.19. The van der Waals surface area contributed by atoms with E-state index in [1.54, 1.807) is 6.20 Å². The summed E-state index contributed by atoms with van der Waals surface area (Å²) in [5.41, 5.74) is 1.83. The number of benzene rings is 1. The van der Waals surface area contributed by atoms with Crippen molar-refractivity contribution in [3.63, 3.8) is 0 Å². The maximum atomic E-state index is 5.98. The first-order valence-electron chi connectivity index (χ1n) is 7.41. The van der Waals surface area contributed by atoms with Crippen molar-refractivity contribution in [3.05, 3.63) is 52.9 Å². The van der Waals surface area contributed by atoms with E-state index < -0.39 is 0 Å². The van der Waals surface area contributed by atoms with Crippen LogP contribution >= 0.6 is 11.6 Å². The molecule has 0 saturated heterocycles. The van der Waals surface area contributed by atoms with Crippen LogP contribution in [0.25, 0.3) is 0 Å². The molecule has 2 rings (SSSR count). The summed E-state index contributed by atoms with van der Waals surface area (Å²) in [4.78, 5) is 8.34. The quantitative estimate of drug-likeness (QED) is 0.767. The summed E-state index contributed by atoms with van der Waals surface area (Å²) in [7, 11) is 0. The van der Waals surface area contributed by atoms with Crippen molar-refractivity contribution in [1.82, 2.24) is 9.97 Å². The lowest BCUT2D eigenvalue weighted by Crippen LogP contribution is -2.31. The maximum absolute atomic E-state index is 5.98. The highest BCUT2D eigenvalue weighted by molar-refractivity contribution is 6.30. The molecule has 0 unspecified atom stereocenters. The Morgan fingerprint density at radius 3 is 2.59 bits per heavy atom. The number of rotatable bonds is 7. The molecule has 0 aliphatic rings. The molecule has 0 N–H and O–H groups in total. The van der Waals surface area contributed by atoms with E-state index in [-0.39, 0.29) is 12.2 Å². The van der Waals surface area contributed by atoms with Gasteiger partial charge in [-0.2, -0.15) is 4.98 Å². The monoisotopic (exact) mass is 320 g/mol. The number of aromatic nitrogens is 2. The molecule has 4 nitrogen and oxygen atoms in total. The van der Waals surface area contributed by atoms with E-state index in [0.717, 1.165) is 12.0 Å². The molecule has 2 atom stereocenters. The second-order valence-corrected chi connectivity index (χ2v) is 5.51. The number of hydrogen-bond donors (Lipinski definition) is 0. The Balaban J connectivity index is 1.93. The fourth-order valence-corrected chi connectivity index (χ4v) is 2.18. The number of aryl methyl sites for hydroxylation is 1. The van der Waals surface area contributed by atoms with Gasteiger partial charge in [0.1, 0.15) is 6.10 Å². The van der Waals surface area contributed by atoms with Gasteiger partial charge in [-0.1, -0.05) is 48.9 Å². The predicted molar refractivity (Wildman–Crippen MR) is 87.2 cm³/mol. The third-order valence-corrected chi connectivity index (χ3v) is 3.79. The van der Waals surface area contributed by atoms with E-state index in [9.17, 15) is 0 Å². The molecule has 1 aromatic heterocycles. The number of hydrogen-bond acceptors (Lipinski definition) is 4. The summed E-state index contributed by atoms with van der Waals surface area (Å²) in [6, 6.07) is 10.1. The zero-order valence-electron chi connectivity index (χ0n) is 13.1. The molecule has 5 heteroatoms. The zero-order valence-corrected chi connectivity index (χ0v) is 13.9. The van der Waals surface area contributed by atoms with Crippen LogP contribution in [-0.4, -0.2) is 22.2 Å². The molecule has 1 aromatic carbocycles. The second kappa shape index (κ2) is 8.11. The van der Waals surface area contributed by atoms with Crippen LogP contribution < -0.4 is 4.74 Å². The molecule has 0 fully saturated rings. The average Bonchev–Trinajstić information content (AvgIpc) is 2.54. The lowest BCUT2D eigenvalue weighted by Gasteiger charge is -2.23. The fraction of sp³-hybridized carbons (Fsp3) is 0.412. The van der Waals surface area contributed by atoms with Gasteiger partial charge in [-0.15, -0.1) is 0 Å². The van der Waals surface area contributed by atoms with Gasteiger partial charge in [0.05, 0.1) is 24.6 Å². The normalized spacial score (nSPS) is 13.6. The molecule has 0 amide bonds. The minimum Gasteiger partial charge on any atom is -0.470 e. The summed E-state index contributed by atoms with van der Waals surface area (Å²) in [6.07, 6.45) is 2.24. The van der Waals surface area contributed by atoms with E-state index in [1.807, 2.05) is 44.2 Å². The van der Waals surface area contributed by atoms with Crippen LogP contribution in [0, 0.1) is 6.92 Å². The Morgan fingerprint density at radius 2 is 1.95 bits per heavy atom. The van der Waals surface area contributed by atoms with Crippen molar-refractivity contribution in [2.75, 3.05) is 0 Å². The van der Waals surface area contributed by atoms with Crippen LogP contribution in [0.15, 0.2) is 36.5 Å². The third-order valence-electron chi connectivity index (χ3n) is 3.43. The summed E-state index contributed by atoms with van der Waals surface area (Å²) < 4.78 is 11.8. The largest absolute Gasteiger partial charge is 0.470 e. The second-order valence-electron chi connectivity index (χ2n) is 5.15. The van der Waals surface area contributed by atoms with Crippen molar-refractivity contribution < 1.29 is 9.47 Å². The SMILES string of the molecule is CC[C@@H](Oc1cnc(C)c(Cl)n1)[C@@H](C)OCc1ccccc1. The summed E-state index contributed by atoms with van der Waals surface area (Å²) >= 11 is 5.98. The molecule has 0 radical (unpaired) electrons. The fourth-order valence-electron chi connectivity index (χ4n) is 2.04. The summed E-state index contributed by atoms with van der Waals surface area (Å²) in [5.74, 6) is 0.428. The number of nitrogens with zero attached hydrogens (tertiary/aromatic N) is 2. The Morgan fingerprint density at radius 1 is 1.23 bits per heavy atom. The molecular weight excluding hydrogens is 300 g/mol. The third kappa shape index (κ3) is 4.68. The summed E-state index contributed by atoms with van der Waals surface area (Å²) in [6.45, 7) is 6.42. The van der Waals surface area contributed by atoms with Gasteiger partial charge >= 0.3 is 0 Å². The van der Waals surface area contributed by atoms with E-state index >= 15 is 0 Å². The van der Waals surface area contributed by atoms with Gasteiger partial charge in [-0.05, 0) is 25.8 Å². The van der Waals surface area contributed by atoms with Crippen LogP contribution in [0.1, 0.15) is 31.5 Å². The Kier molecular flexibility index (Phi) is 6.16. The molecule has 0 aliphatic carbocycles. The zero-order chi connectivity index (χ0) is 15.9. The predicted octanol–water partition coefficient (Wildman–Crippen LogP) is 4.20. The van der Waals surface area contributed by atoms with Gasteiger partial charge in [0.25, 0.3) is 0 Å². The van der Waals surface area contributed by atoms with Gasteiger partial charge in [0, 0.05) is 0 Å². The van der Waals surface area contributed by atoms with Gasteiger partial charge in [0.15, 0.2) is 5.15 Å². The van der Waals surface area contributed by atoms with Crippen molar-refractivity contribution in [3.8, 4) is 5.88 Å². The average molecular weight is 321 g/mol. The van der Waals surface area contributed by atoms with Crippen molar-refractivity contribution in [1.29, 1.82) is 0 Å². The van der Waals surface area contributed by atoms with E-state index in [4.69, 9.17) is 21.1 Å².